The third-order valence-corrected chi connectivity index (χ3v) is 4.00. The molecular formula is C13H18IN. The van der Waals surface area contributed by atoms with Gasteiger partial charge in [0.05, 0.1) is 0 Å². The van der Waals surface area contributed by atoms with Gasteiger partial charge in [0.15, 0.2) is 0 Å². The summed E-state index contributed by atoms with van der Waals surface area (Å²) in [7, 11) is 0. The van der Waals surface area contributed by atoms with Crippen LogP contribution in [-0.2, 0) is 0 Å². The smallest absolute Gasteiger partial charge is 0.0294 e. The second kappa shape index (κ2) is 4.83. The Kier molecular flexibility index (Phi) is 3.67. The second-order valence-electron chi connectivity index (χ2n) is 4.45. The molecule has 0 aliphatic heterocycles. The van der Waals surface area contributed by atoms with Crippen molar-refractivity contribution in [3.63, 3.8) is 0 Å². The van der Waals surface area contributed by atoms with Crippen LogP contribution in [0.1, 0.15) is 38.3 Å². The molecule has 0 saturated heterocycles. The predicted octanol–water partition coefficient (Wildman–Crippen LogP) is 3.74. The molecule has 0 heterocycles. The van der Waals surface area contributed by atoms with Crippen LogP contribution in [0.3, 0.4) is 0 Å². The molecule has 82 valence electrons. The zero-order valence-corrected chi connectivity index (χ0v) is 11.5. The standard InChI is InChI=1S/C13H18IN/c1-3-10-8-13(10)15-9(2)11-4-6-12(14)7-5-11/h4-7,9-10,13,15H,3,8H2,1-2H3. The Morgan fingerprint density at radius 1 is 1.40 bits per heavy atom. The molecule has 2 heteroatoms. The highest BCUT2D eigenvalue weighted by Gasteiger charge is 2.35. The summed E-state index contributed by atoms with van der Waals surface area (Å²) >= 11 is 2.35. The van der Waals surface area contributed by atoms with Crippen LogP contribution < -0.4 is 5.32 Å². The van der Waals surface area contributed by atoms with Gasteiger partial charge in [0.25, 0.3) is 0 Å². The first-order valence-electron chi connectivity index (χ1n) is 5.72. The van der Waals surface area contributed by atoms with Gasteiger partial charge in [-0.3, -0.25) is 0 Å². The first kappa shape index (κ1) is 11.4. The van der Waals surface area contributed by atoms with Crippen LogP contribution in [0.5, 0.6) is 0 Å². The highest BCUT2D eigenvalue weighted by atomic mass is 127. The lowest BCUT2D eigenvalue weighted by Gasteiger charge is -2.14. The van der Waals surface area contributed by atoms with Gasteiger partial charge in [-0.2, -0.15) is 0 Å². The van der Waals surface area contributed by atoms with Crippen LogP contribution in [0.2, 0.25) is 0 Å². The Morgan fingerprint density at radius 2 is 2.07 bits per heavy atom. The lowest BCUT2D eigenvalue weighted by Crippen LogP contribution is -2.22. The monoisotopic (exact) mass is 315 g/mol. The van der Waals surface area contributed by atoms with E-state index in [2.05, 4.69) is 66.0 Å². The van der Waals surface area contributed by atoms with Gasteiger partial charge in [0.1, 0.15) is 0 Å². The maximum atomic E-state index is 3.69. The van der Waals surface area contributed by atoms with Crippen molar-refractivity contribution in [1.29, 1.82) is 0 Å². The van der Waals surface area contributed by atoms with Crippen LogP contribution in [-0.4, -0.2) is 6.04 Å². The van der Waals surface area contributed by atoms with Crippen LogP contribution in [0.25, 0.3) is 0 Å². The fourth-order valence-corrected chi connectivity index (χ4v) is 2.43. The van der Waals surface area contributed by atoms with Crippen molar-refractivity contribution in [3.05, 3.63) is 33.4 Å². The zero-order valence-electron chi connectivity index (χ0n) is 9.33. The summed E-state index contributed by atoms with van der Waals surface area (Å²) in [6.07, 6.45) is 2.68. The molecule has 1 aliphatic carbocycles. The summed E-state index contributed by atoms with van der Waals surface area (Å²) in [6.45, 7) is 4.54. The van der Waals surface area contributed by atoms with Gasteiger partial charge in [-0.15, -0.1) is 0 Å². The fourth-order valence-electron chi connectivity index (χ4n) is 2.07. The Labute approximate surface area is 106 Å². The molecule has 2 rings (SSSR count). The topological polar surface area (TPSA) is 12.0 Å². The van der Waals surface area contributed by atoms with Crippen LogP contribution in [0.15, 0.2) is 24.3 Å². The van der Waals surface area contributed by atoms with Crippen molar-refractivity contribution >= 4 is 22.6 Å². The van der Waals surface area contributed by atoms with Crippen LogP contribution >= 0.6 is 22.6 Å². The molecule has 1 N–H and O–H groups in total. The molecule has 0 amide bonds. The maximum absolute atomic E-state index is 3.69. The van der Waals surface area contributed by atoms with Crippen molar-refractivity contribution < 1.29 is 0 Å². The second-order valence-corrected chi connectivity index (χ2v) is 5.70. The minimum atomic E-state index is 0.489. The molecule has 1 saturated carbocycles. The van der Waals surface area contributed by atoms with Crippen molar-refractivity contribution in [2.45, 2.75) is 38.8 Å². The van der Waals surface area contributed by atoms with Gasteiger partial charge < -0.3 is 5.32 Å². The number of halogens is 1. The SMILES string of the molecule is CCC1CC1NC(C)c1ccc(I)cc1. The summed E-state index contributed by atoms with van der Waals surface area (Å²) in [6, 6.07) is 10.1. The van der Waals surface area contributed by atoms with Crippen molar-refractivity contribution in [2.75, 3.05) is 0 Å². The van der Waals surface area contributed by atoms with Crippen molar-refractivity contribution in [3.8, 4) is 0 Å². The summed E-state index contributed by atoms with van der Waals surface area (Å²) in [5.41, 5.74) is 1.40. The van der Waals surface area contributed by atoms with Gasteiger partial charge in [0.2, 0.25) is 0 Å². The van der Waals surface area contributed by atoms with E-state index in [1.54, 1.807) is 0 Å². The van der Waals surface area contributed by atoms with E-state index in [4.69, 9.17) is 0 Å². The largest absolute Gasteiger partial charge is 0.307 e. The fraction of sp³-hybridized carbons (Fsp3) is 0.538. The Morgan fingerprint density at radius 3 is 2.60 bits per heavy atom. The summed E-state index contributed by atoms with van der Waals surface area (Å²) < 4.78 is 1.31. The predicted molar refractivity (Wildman–Crippen MR) is 72.9 cm³/mol. The quantitative estimate of drug-likeness (QED) is 0.835. The lowest BCUT2D eigenvalue weighted by molar-refractivity contribution is 0.539. The average molecular weight is 315 g/mol. The van der Waals surface area contributed by atoms with Crippen LogP contribution in [0, 0.1) is 9.49 Å². The average Bonchev–Trinajstić information content (AvgIpc) is 2.97. The third-order valence-electron chi connectivity index (χ3n) is 3.28. The molecule has 15 heavy (non-hydrogen) atoms. The molecule has 3 atom stereocenters. The Bertz CT molecular complexity index is 320. The minimum absolute atomic E-state index is 0.489. The van der Waals surface area contributed by atoms with E-state index in [-0.39, 0.29) is 0 Å². The van der Waals surface area contributed by atoms with Crippen molar-refractivity contribution in [1.82, 2.24) is 5.32 Å². The van der Waals surface area contributed by atoms with Gasteiger partial charge >= 0.3 is 0 Å². The summed E-state index contributed by atoms with van der Waals surface area (Å²) in [5, 5.41) is 3.69. The first-order chi connectivity index (χ1) is 7.20. The van der Waals surface area contributed by atoms with E-state index < -0.39 is 0 Å². The number of hydrogen-bond acceptors (Lipinski definition) is 1. The molecule has 0 spiro atoms. The maximum Gasteiger partial charge on any atom is 0.0294 e. The highest BCUT2D eigenvalue weighted by Crippen LogP contribution is 2.35. The number of rotatable bonds is 4. The normalized spacial score (nSPS) is 26.3. The zero-order chi connectivity index (χ0) is 10.8. The molecule has 1 nitrogen and oxygen atoms in total. The van der Waals surface area contributed by atoms with Crippen LogP contribution in [0.4, 0.5) is 0 Å². The molecule has 0 bridgehead atoms. The van der Waals surface area contributed by atoms with E-state index in [0.29, 0.717) is 6.04 Å². The summed E-state index contributed by atoms with van der Waals surface area (Å²) in [4.78, 5) is 0. The van der Waals surface area contributed by atoms with Gasteiger partial charge in [-0.1, -0.05) is 25.5 Å². The lowest BCUT2D eigenvalue weighted by atomic mass is 10.1. The van der Waals surface area contributed by atoms with Crippen molar-refractivity contribution in [2.24, 2.45) is 5.92 Å². The van der Waals surface area contributed by atoms with E-state index in [9.17, 15) is 0 Å². The van der Waals surface area contributed by atoms with E-state index >= 15 is 0 Å². The molecule has 1 aliphatic rings. The molecule has 0 radical (unpaired) electrons. The van der Waals surface area contributed by atoms with Gasteiger partial charge in [0, 0.05) is 15.7 Å². The molecule has 1 fully saturated rings. The Hall–Kier alpha value is -0.0900. The van der Waals surface area contributed by atoms with E-state index in [1.807, 2.05) is 0 Å². The van der Waals surface area contributed by atoms with Gasteiger partial charge in [-0.25, -0.2) is 0 Å². The molecule has 1 aromatic carbocycles. The minimum Gasteiger partial charge on any atom is -0.307 e. The van der Waals surface area contributed by atoms with E-state index in [0.717, 1.165) is 12.0 Å². The summed E-state index contributed by atoms with van der Waals surface area (Å²) in [5.74, 6) is 0.927. The van der Waals surface area contributed by atoms with E-state index in [1.165, 1.54) is 22.0 Å². The highest BCUT2D eigenvalue weighted by molar-refractivity contribution is 14.1. The first-order valence-corrected chi connectivity index (χ1v) is 6.80. The van der Waals surface area contributed by atoms with Gasteiger partial charge in [-0.05, 0) is 59.5 Å². The molecular weight excluding hydrogens is 297 g/mol. The molecule has 0 aromatic heterocycles. The molecule has 3 unspecified atom stereocenters. The number of nitrogens with one attached hydrogen (secondary N) is 1. The molecule has 1 aromatic rings. The third kappa shape index (κ3) is 2.94. The number of benzene rings is 1. The number of hydrogen-bond donors (Lipinski definition) is 1. The Balaban J connectivity index is 1.91.